The van der Waals surface area contributed by atoms with E-state index >= 15 is 0 Å². The predicted octanol–water partition coefficient (Wildman–Crippen LogP) is 2.60. The van der Waals surface area contributed by atoms with Crippen molar-refractivity contribution in [1.82, 2.24) is 0 Å². The summed E-state index contributed by atoms with van der Waals surface area (Å²) in [4.78, 5) is 11.6. The zero-order valence-electron chi connectivity index (χ0n) is 9.53. The highest BCUT2D eigenvalue weighted by molar-refractivity contribution is 14.1. The molecule has 0 fully saturated rings. The number of hydrogen-bond donors (Lipinski definition) is 2. The van der Waals surface area contributed by atoms with Gasteiger partial charge < -0.3 is 11.1 Å². The Morgan fingerprint density at radius 2 is 2.19 bits per heavy atom. The third-order valence-corrected chi connectivity index (χ3v) is 3.06. The molecule has 3 N–H and O–H groups in total. The number of rotatable bonds is 4. The van der Waals surface area contributed by atoms with Gasteiger partial charge in [0.05, 0.1) is 0 Å². The first kappa shape index (κ1) is 13.4. The molecule has 0 saturated carbocycles. The first-order valence-corrected chi connectivity index (χ1v) is 6.38. The van der Waals surface area contributed by atoms with Crippen LogP contribution in [0.4, 0.5) is 5.69 Å². The monoisotopic (exact) mass is 332 g/mol. The van der Waals surface area contributed by atoms with E-state index in [2.05, 4.69) is 27.9 Å². The van der Waals surface area contributed by atoms with Crippen LogP contribution in [0.5, 0.6) is 0 Å². The van der Waals surface area contributed by atoms with Crippen molar-refractivity contribution in [1.29, 1.82) is 0 Å². The maximum atomic E-state index is 11.6. The van der Waals surface area contributed by atoms with Gasteiger partial charge in [0.15, 0.2) is 0 Å². The van der Waals surface area contributed by atoms with Gasteiger partial charge in [0.1, 0.15) is 0 Å². The van der Waals surface area contributed by atoms with Crippen LogP contribution in [0.1, 0.15) is 20.3 Å². The molecule has 1 amide bonds. The van der Waals surface area contributed by atoms with Gasteiger partial charge in [-0.1, -0.05) is 19.9 Å². The van der Waals surface area contributed by atoms with Crippen molar-refractivity contribution in [2.45, 2.75) is 26.3 Å². The second kappa shape index (κ2) is 6.20. The molecular formula is C12H17IN2O. The van der Waals surface area contributed by atoms with E-state index in [9.17, 15) is 4.79 Å². The minimum atomic E-state index is -0.0808. The first-order valence-electron chi connectivity index (χ1n) is 5.30. The summed E-state index contributed by atoms with van der Waals surface area (Å²) in [6, 6.07) is 7.62. The van der Waals surface area contributed by atoms with Gasteiger partial charge in [-0.05, 0) is 46.7 Å². The van der Waals surface area contributed by atoms with Crippen LogP contribution in [-0.2, 0) is 4.79 Å². The second-order valence-corrected chi connectivity index (χ2v) is 5.42. The summed E-state index contributed by atoms with van der Waals surface area (Å²) in [5.41, 5.74) is 6.67. The highest BCUT2D eigenvalue weighted by atomic mass is 127. The molecule has 0 aliphatic heterocycles. The maximum Gasteiger partial charge on any atom is 0.225 e. The molecule has 1 atom stereocenters. The largest absolute Gasteiger partial charge is 0.327 e. The lowest BCUT2D eigenvalue weighted by molar-refractivity contribution is -0.116. The van der Waals surface area contributed by atoms with Crippen LogP contribution in [-0.4, -0.2) is 11.9 Å². The van der Waals surface area contributed by atoms with Crippen LogP contribution in [0.3, 0.4) is 0 Å². The molecule has 88 valence electrons. The Labute approximate surface area is 110 Å². The molecule has 1 rings (SSSR count). The van der Waals surface area contributed by atoms with Crippen LogP contribution in [0, 0.1) is 9.49 Å². The third-order valence-electron chi connectivity index (χ3n) is 2.39. The second-order valence-electron chi connectivity index (χ2n) is 4.17. The molecule has 1 aromatic rings. The molecule has 0 saturated heterocycles. The number of halogens is 1. The topological polar surface area (TPSA) is 55.1 Å². The SMILES string of the molecule is CC(C)C(N)CC(=O)Nc1cccc(I)c1. The van der Waals surface area contributed by atoms with Gasteiger partial charge in [0.2, 0.25) is 5.91 Å². The van der Waals surface area contributed by atoms with Crippen LogP contribution in [0.15, 0.2) is 24.3 Å². The molecule has 0 aromatic heterocycles. The number of anilines is 1. The molecule has 0 radical (unpaired) electrons. The summed E-state index contributed by atoms with van der Waals surface area (Å²) >= 11 is 2.21. The van der Waals surface area contributed by atoms with Gasteiger partial charge in [-0.3, -0.25) is 4.79 Å². The molecule has 1 aromatic carbocycles. The Bertz CT molecular complexity index is 366. The summed E-state index contributed by atoms with van der Waals surface area (Å²) in [6.07, 6.45) is 0.364. The molecule has 0 aliphatic rings. The quantitative estimate of drug-likeness (QED) is 0.833. The number of amides is 1. The number of carbonyl (C=O) groups excluding carboxylic acids is 1. The summed E-state index contributed by atoms with van der Waals surface area (Å²) < 4.78 is 1.10. The lowest BCUT2D eigenvalue weighted by atomic mass is 10.0. The van der Waals surface area contributed by atoms with Gasteiger partial charge >= 0.3 is 0 Å². The van der Waals surface area contributed by atoms with Crippen molar-refractivity contribution in [2.24, 2.45) is 11.7 Å². The van der Waals surface area contributed by atoms with E-state index in [0.717, 1.165) is 9.26 Å². The van der Waals surface area contributed by atoms with E-state index in [1.165, 1.54) is 0 Å². The van der Waals surface area contributed by atoms with Crippen molar-refractivity contribution in [3.63, 3.8) is 0 Å². The normalized spacial score (nSPS) is 12.6. The molecule has 0 spiro atoms. The molecule has 1 unspecified atom stereocenters. The Morgan fingerprint density at radius 3 is 2.75 bits per heavy atom. The van der Waals surface area contributed by atoms with Crippen LogP contribution in [0.25, 0.3) is 0 Å². The fraction of sp³-hybridized carbons (Fsp3) is 0.417. The minimum Gasteiger partial charge on any atom is -0.327 e. The summed E-state index contributed by atoms with van der Waals surface area (Å²) in [5.74, 6) is 0.296. The summed E-state index contributed by atoms with van der Waals surface area (Å²) in [6.45, 7) is 4.03. The van der Waals surface area contributed by atoms with E-state index in [1.807, 2.05) is 38.1 Å². The first-order chi connectivity index (χ1) is 7.49. The Kier molecular flexibility index (Phi) is 5.21. The van der Waals surface area contributed by atoms with Gasteiger partial charge in [-0.2, -0.15) is 0 Å². The predicted molar refractivity (Wildman–Crippen MR) is 75.2 cm³/mol. The van der Waals surface area contributed by atoms with E-state index < -0.39 is 0 Å². The number of hydrogen-bond acceptors (Lipinski definition) is 2. The Balaban J connectivity index is 2.52. The van der Waals surface area contributed by atoms with Gasteiger partial charge in [-0.25, -0.2) is 0 Å². The van der Waals surface area contributed by atoms with Crippen LogP contribution < -0.4 is 11.1 Å². The average molecular weight is 332 g/mol. The Hall–Kier alpha value is -0.620. The van der Waals surface area contributed by atoms with Gasteiger partial charge in [0.25, 0.3) is 0 Å². The van der Waals surface area contributed by atoms with E-state index in [-0.39, 0.29) is 11.9 Å². The minimum absolute atomic E-state index is 0.0248. The highest BCUT2D eigenvalue weighted by Crippen LogP contribution is 2.13. The van der Waals surface area contributed by atoms with Crippen LogP contribution in [0.2, 0.25) is 0 Å². The average Bonchev–Trinajstić information content (AvgIpc) is 2.16. The number of benzene rings is 1. The number of nitrogens with two attached hydrogens (primary N) is 1. The summed E-state index contributed by atoms with van der Waals surface area (Å²) in [5, 5.41) is 2.84. The van der Waals surface area contributed by atoms with E-state index in [1.54, 1.807) is 0 Å². The van der Waals surface area contributed by atoms with Gasteiger partial charge in [0, 0.05) is 21.7 Å². The van der Waals surface area contributed by atoms with Crippen molar-refractivity contribution in [3.8, 4) is 0 Å². The molecule has 16 heavy (non-hydrogen) atoms. The molecule has 3 nitrogen and oxygen atoms in total. The third kappa shape index (κ3) is 4.49. The smallest absolute Gasteiger partial charge is 0.225 e. The molecular weight excluding hydrogens is 315 g/mol. The molecule has 0 heterocycles. The Morgan fingerprint density at radius 1 is 1.50 bits per heavy atom. The molecule has 4 heteroatoms. The van der Waals surface area contributed by atoms with E-state index in [4.69, 9.17) is 5.73 Å². The lowest BCUT2D eigenvalue weighted by Crippen LogP contribution is -2.31. The van der Waals surface area contributed by atoms with Crippen molar-refractivity contribution >= 4 is 34.2 Å². The zero-order valence-corrected chi connectivity index (χ0v) is 11.7. The van der Waals surface area contributed by atoms with Gasteiger partial charge in [-0.15, -0.1) is 0 Å². The fourth-order valence-electron chi connectivity index (χ4n) is 1.23. The highest BCUT2D eigenvalue weighted by Gasteiger charge is 2.12. The molecule has 0 aliphatic carbocycles. The number of nitrogens with one attached hydrogen (secondary N) is 1. The summed E-state index contributed by atoms with van der Waals surface area (Å²) in [7, 11) is 0. The van der Waals surface area contributed by atoms with Crippen molar-refractivity contribution in [2.75, 3.05) is 5.32 Å². The molecule has 0 bridgehead atoms. The number of carbonyl (C=O) groups is 1. The van der Waals surface area contributed by atoms with E-state index in [0.29, 0.717) is 12.3 Å². The standard InChI is InChI=1S/C12H17IN2O/c1-8(2)11(14)7-12(16)15-10-5-3-4-9(13)6-10/h3-6,8,11H,7,14H2,1-2H3,(H,15,16). The van der Waals surface area contributed by atoms with Crippen molar-refractivity contribution in [3.05, 3.63) is 27.8 Å². The van der Waals surface area contributed by atoms with Crippen molar-refractivity contribution < 1.29 is 4.79 Å². The zero-order chi connectivity index (χ0) is 12.1. The lowest BCUT2D eigenvalue weighted by Gasteiger charge is -2.15. The fourth-order valence-corrected chi connectivity index (χ4v) is 1.77. The maximum absolute atomic E-state index is 11.6. The van der Waals surface area contributed by atoms with Crippen LogP contribution >= 0.6 is 22.6 Å².